The zero-order chi connectivity index (χ0) is 10.1. The zero-order valence-electron chi connectivity index (χ0n) is 7.06. The predicted octanol–water partition coefficient (Wildman–Crippen LogP) is 1.42. The van der Waals surface area contributed by atoms with Crippen LogP contribution in [-0.2, 0) is 4.79 Å². The minimum atomic E-state index is -0.197. The molecule has 1 aromatic rings. The van der Waals surface area contributed by atoms with E-state index in [1.165, 1.54) is 23.9 Å². The molecule has 0 atom stereocenters. The van der Waals surface area contributed by atoms with E-state index < -0.39 is 0 Å². The SMILES string of the molecule is O=C1CSc2cc(N([O-])O)ccc2N1. The van der Waals surface area contributed by atoms with Crippen molar-refractivity contribution in [2.24, 2.45) is 0 Å². The lowest BCUT2D eigenvalue weighted by molar-refractivity contribution is -0.113. The van der Waals surface area contributed by atoms with Crippen LogP contribution in [0.4, 0.5) is 11.4 Å². The van der Waals surface area contributed by atoms with Gasteiger partial charge in [0.1, 0.15) is 0 Å². The molecule has 5 nitrogen and oxygen atoms in total. The third-order valence-electron chi connectivity index (χ3n) is 1.82. The second kappa shape index (κ2) is 3.49. The van der Waals surface area contributed by atoms with Crippen molar-refractivity contribution in [2.75, 3.05) is 16.3 Å². The highest BCUT2D eigenvalue weighted by Gasteiger charge is 2.15. The molecule has 74 valence electrons. The predicted molar refractivity (Wildman–Crippen MR) is 53.4 cm³/mol. The van der Waals surface area contributed by atoms with Crippen LogP contribution in [0.15, 0.2) is 23.1 Å². The van der Waals surface area contributed by atoms with E-state index >= 15 is 0 Å². The van der Waals surface area contributed by atoms with Crippen molar-refractivity contribution in [3.8, 4) is 0 Å². The van der Waals surface area contributed by atoms with Crippen molar-refractivity contribution < 1.29 is 10.0 Å². The van der Waals surface area contributed by atoms with Gasteiger partial charge in [0, 0.05) is 4.90 Å². The first-order valence-corrected chi connectivity index (χ1v) is 4.88. The molecular formula is C8H7N2O3S-. The van der Waals surface area contributed by atoms with Gasteiger partial charge in [-0.05, 0) is 18.2 Å². The smallest absolute Gasteiger partial charge is 0.234 e. The quantitative estimate of drug-likeness (QED) is 0.687. The zero-order valence-corrected chi connectivity index (χ0v) is 7.87. The van der Waals surface area contributed by atoms with Crippen LogP contribution in [0, 0.1) is 5.21 Å². The van der Waals surface area contributed by atoms with Gasteiger partial charge in [-0.1, -0.05) is 0 Å². The summed E-state index contributed by atoms with van der Waals surface area (Å²) in [6.45, 7) is 0. The fourth-order valence-electron chi connectivity index (χ4n) is 1.18. The maximum Gasteiger partial charge on any atom is 0.234 e. The molecule has 0 unspecified atom stereocenters. The molecule has 2 rings (SSSR count). The number of amides is 1. The summed E-state index contributed by atoms with van der Waals surface area (Å²) in [6, 6.07) is 4.57. The number of hydrogen-bond acceptors (Lipinski definition) is 5. The van der Waals surface area contributed by atoms with Crippen LogP contribution in [-0.4, -0.2) is 16.9 Å². The van der Waals surface area contributed by atoms with Crippen molar-refractivity contribution in [3.05, 3.63) is 23.4 Å². The highest BCUT2D eigenvalue weighted by Crippen LogP contribution is 2.34. The largest absolute Gasteiger partial charge is 0.733 e. The summed E-state index contributed by atoms with van der Waals surface area (Å²) in [4.78, 5) is 11.8. The summed E-state index contributed by atoms with van der Waals surface area (Å²) >= 11 is 1.34. The summed E-state index contributed by atoms with van der Waals surface area (Å²) in [7, 11) is 0. The Morgan fingerprint density at radius 2 is 2.36 bits per heavy atom. The Balaban J connectivity index is 2.36. The molecule has 1 amide bonds. The number of nitrogens with one attached hydrogen (secondary N) is 1. The van der Waals surface area contributed by atoms with Crippen molar-refractivity contribution in [1.82, 2.24) is 0 Å². The molecule has 0 bridgehead atoms. The van der Waals surface area contributed by atoms with Gasteiger partial charge in [-0.15, -0.1) is 11.8 Å². The third-order valence-corrected chi connectivity index (χ3v) is 2.87. The Morgan fingerprint density at radius 3 is 3.07 bits per heavy atom. The number of anilines is 2. The number of fused-ring (bicyclic) bond motifs is 1. The minimum Gasteiger partial charge on any atom is -0.733 e. The molecule has 1 aliphatic heterocycles. The summed E-state index contributed by atoms with van der Waals surface area (Å²) in [6.07, 6.45) is 0. The first-order chi connectivity index (χ1) is 6.66. The molecule has 0 radical (unpaired) electrons. The summed E-state index contributed by atoms with van der Waals surface area (Å²) in [5, 5.41) is 21.7. The highest BCUT2D eigenvalue weighted by molar-refractivity contribution is 8.00. The van der Waals surface area contributed by atoms with Gasteiger partial charge in [0.25, 0.3) is 0 Å². The molecule has 0 saturated carbocycles. The number of benzene rings is 1. The van der Waals surface area contributed by atoms with Crippen molar-refractivity contribution in [3.63, 3.8) is 0 Å². The Bertz CT molecular complexity index is 381. The van der Waals surface area contributed by atoms with Crippen LogP contribution >= 0.6 is 11.8 Å². The van der Waals surface area contributed by atoms with E-state index in [0.717, 1.165) is 4.90 Å². The highest BCUT2D eigenvalue weighted by atomic mass is 32.2. The van der Waals surface area contributed by atoms with Crippen LogP contribution in [0.3, 0.4) is 0 Å². The van der Waals surface area contributed by atoms with Gasteiger partial charge in [-0.2, -0.15) is 0 Å². The normalized spacial score (nSPS) is 14.6. The molecule has 0 aromatic heterocycles. The van der Waals surface area contributed by atoms with Gasteiger partial charge in [-0.3, -0.25) is 10.0 Å². The molecule has 1 heterocycles. The lowest BCUT2D eigenvalue weighted by atomic mass is 10.3. The molecule has 1 aliphatic rings. The number of thioether (sulfide) groups is 1. The average Bonchev–Trinajstić information content (AvgIpc) is 2.16. The Kier molecular flexibility index (Phi) is 2.32. The monoisotopic (exact) mass is 211 g/mol. The van der Waals surface area contributed by atoms with Crippen LogP contribution in [0.25, 0.3) is 0 Å². The molecule has 0 saturated heterocycles. The lowest BCUT2D eigenvalue weighted by Gasteiger charge is -2.24. The summed E-state index contributed by atoms with van der Waals surface area (Å²) < 4.78 is 0. The molecule has 0 fully saturated rings. The van der Waals surface area contributed by atoms with Gasteiger partial charge < -0.3 is 15.8 Å². The summed E-state index contributed by atoms with van der Waals surface area (Å²) in [5.74, 6) is 0.277. The average molecular weight is 211 g/mol. The molecule has 1 aromatic carbocycles. The van der Waals surface area contributed by atoms with E-state index in [1.807, 2.05) is 0 Å². The first kappa shape index (κ1) is 9.32. The van der Waals surface area contributed by atoms with Crippen molar-refractivity contribution in [2.45, 2.75) is 4.90 Å². The van der Waals surface area contributed by atoms with Gasteiger partial charge in [0.05, 0.1) is 17.1 Å². The van der Waals surface area contributed by atoms with E-state index in [4.69, 9.17) is 5.21 Å². The second-order valence-corrected chi connectivity index (χ2v) is 3.81. The molecule has 0 aliphatic carbocycles. The number of carbonyl (C=O) groups excluding carboxylic acids is 1. The minimum absolute atomic E-state index is 0.0572. The van der Waals surface area contributed by atoms with E-state index in [-0.39, 0.29) is 16.8 Å². The first-order valence-electron chi connectivity index (χ1n) is 3.89. The number of hydrogen-bond donors (Lipinski definition) is 2. The van der Waals surface area contributed by atoms with Gasteiger partial charge >= 0.3 is 0 Å². The molecule has 2 N–H and O–H groups in total. The molecule has 0 spiro atoms. The van der Waals surface area contributed by atoms with E-state index in [2.05, 4.69) is 5.32 Å². The topological polar surface area (TPSA) is 75.6 Å². The second-order valence-electron chi connectivity index (χ2n) is 2.79. The van der Waals surface area contributed by atoms with Crippen LogP contribution in [0.1, 0.15) is 0 Å². The number of rotatable bonds is 1. The maximum atomic E-state index is 11.0. The van der Waals surface area contributed by atoms with E-state index in [9.17, 15) is 10.0 Å². The Morgan fingerprint density at radius 1 is 1.57 bits per heavy atom. The molecule has 6 heteroatoms. The van der Waals surface area contributed by atoms with Crippen LogP contribution in [0.5, 0.6) is 0 Å². The van der Waals surface area contributed by atoms with Crippen molar-refractivity contribution in [1.29, 1.82) is 0 Å². The molecule has 14 heavy (non-hydrogen) atoms. The fraction of sp³-hybridized carbons (Fsp3) is 0.125. The van der Waals surface area contributed by atoms with Crippen molar-refractivity contribution >= 4 is 29.0 Å². The van der Waals surface area contributed by atoms with Gasteiger partial charge in [0.2, 0.25) is 5.91 Å². The Hall–Kier alpha value is -1.24. The van der Waals surface area contributed by atoms with Crippen LogP contribution in [0.2, 0.25) is 0 Å². The Labute approximate surface area is 84.2 Å². The van der Waals surface area contributed by atoms with E-state index in [0.29, 0.717) is 11.4 Å². The number of carbonyl (C=O) groups is 1. The standard InChI is InChI=1S/C8H7N2O3S/c11-8-4-14-7-3-5(10(12)13)1-2-6(7)9-8/h1-3,12H,4H2,(H,9,11)/q-1. The summed E-state index contributed by atoms with van der Waals surface area (Å²) in [5.41, 5.74) is 0.837. The van der Waals surface area contributed by atoms with E-state index in [1.54, 1.807) is 6.07 Å². The van der Waals surface area contributed by atoms with Crippen LogP contribution < -0.4 is 10.5 Å². The lowest BCUT2D eigenvalue weighted by Crippen LogP contribution is -2.19. The maximum absolute atomic E-state index is 11.0. The van der Waals surface area contributed by atoms with Gasteiger partial charge in [-0.25, -0.2) is 0 Å². The van der Waals surface area contributed by atoms with Gasteiger partial charge in [0.15, 0.2) is 0 Å². The number of nitrogens with zero attached hydrogens (tertiary/aromatic N) is 1. The molecular weight excluding hydrogens is 204 g/mol. The third kappa shape index (κ3) is 1.67. The fourth-order valence-corrected chi connectivity index (χ4v) is 2.02.